The fourth-order valence-electron chi connectivity index (χ4n) is 1.36. The topological polar surface area (TPSA) is 75.6 Å². The lowest BCUT2D eigenvalue weighted by Gasteiger charge is -2.11. The Labute approximate surface area is 110 Å². The molecule has 1 rings (SSSR count). The molecular weight excluding hydrogens is 258 g/mol. The summed E-state index contributed by atoms with van der Waals surface area (Å²) in [4.78, 5) is 22.4. The van der Waals surface area contributed by atoms with Gasteiger partial charge in [-0.25, -0.2) is 4.79 Å². The predicted molar refractivity (Wildman–Crippen MR) is 68.1 cm³/mol. The molecule has 0 bridgehead atoms. The van der Waals surface area contributed by atoms with Gasteiger partial charge < -0.3 is 15.2 Å². The maximum Gasteiger partial charge on any atom is 0.337 e. The van der Waals surface area contributed by atoms with Gasteiger partial charge in [-0.15, -0.1) is 0 Å². The second-order valence-corrected chi connectivity index (χ2v) is 4.25. The van der Waals surface area contributed by atoms with Crippen LogP contribution < -0.4 is 5.32 Å². The number of nitrogens with one attached hydrogen (secondary N) is 1. The van der Waals surface area contributed by atoms with Crippen LogP contribution >= 0.6 is 11.6 Å². The van der Waals surface area contributed by atoms with Gasteiger partial charge >= 0.3 is 5.97 Å². The van der Waals surface area contributed by atoms with E-state index in [1.165, 1.54) is 25.3 Å². The Kier molecular flexibility index (Phi) is 5.12. The predicted octanol–water partition coefficient (Wildman–Crippen LogP) is 2.26. The van der Waals surface area contributed by atoms with Crippen LogP contribution in [-0.2, 0) is 9.53 Å². The molecule has 0 aliphatic carbocycles. The second-order valence-electron chi connectivity index (χ2n) is 3.85. The van der Waals surface area contributed by atoms with Crippen molar-refractivity contribution in [3.05, 3.63) is 28.8 Å². The summed E-state index contributed by atoms with van der Waals surface area (Å²) in [6.45, 7) is 2.04. The van der Waals surface area contributed by atoms with Gasteiger partial charge in [-0.05, 0) is 18.2 Å². The number of carbonyl (C=O) groups is 2. The average molecular weight is 272 g/mol. The minimum atomic E-state index is -1.11. The summed E-state index contributed by atoms with van der Waals surface area (Å²) in [5, 5.41) is 11.5. The van der Waals surface area contributed by atoms with Gasteiger partial charge in [-0.2, -0.15) is 0 Å². The number of ether oxygens (including phenoxy) is 1. The lowest BCUT2D eigenvalue weighted by Crippen LogP contribution is -2.23. The molecule has 0 saturated carbocycles. The number of anilines is 1. The zero-order valence-electron chi connectivity index (χ0n) is 10.1. The number of benzene rings is 1. The van der Waals surface area contributed by atoms with E-state index in [0.29, 0.717) is 12.3 Å². The van der Waals surface area contributed by atoms with Crippen molar-refractivity contribution >= 4 is 29.2 Å². The number of amides is 1. The van der Waals surface area contributed by atoms with Gasteiger partial charge in [0, 0.05) is 12.8 Å². The number of halogens is 1. The van der Waals surface area contributed by atoms with Crippen LogP contribution in [0.15, 0.2) is 18.2 Å². The van der Waals surface area contributed by atoms with Gasteiger partial charge in [-0.1, -0.05) is 18.5 Å². The zero-order chi connectivity index (χ0) is 13.7. The first-order valence-electron chi connectivity index (χ1n) is 5.28. The summed E-state index contributed by atoms with van der Waals surface area (Å²) in [5.74, 6) is -1.62. The van der Waals surface area contributed by atoms with E-state index in [4.69, 9.17) is 21.4 Å². The molecule has 0 saturated heterocycles. The van der Waals surface area contributed by atoms with Crippen LogP contribution in [0.5, 0.6) is 0 Å². The van der Waals surface area contributed by atoms with Crippen molar-refractivity contribution in [1.82, 2.24) is 0 Å². The Morgan fingerprint density at radius 1 is 1.50 bits per heavy atom. The van der Waals surface area contributed by atoms with Crippen molar-refractivity contribution in [3.8, 4) is 0 Å². The minimum absolute atomic E-state index is 0.000365. The fraction of sp³-hybridized carbons (Fsp3) is 0.333. The first-order valence-corrected chi connectivity index (χ1v) is 5.66. The minimum Gasteiger partial charge on any atom is -0.478 e. The molecule has 1 unspecified atom stereocenters. The van der Waals surface area contributed by atoms with Crippen molar-refractivity contribution < 1.29 is 19.4 Å². The molecule has 1 atom stereocenters. The zero-order valence-corrected chi connectivity index (χ0v) is 10.8. The third-order valence-corrected chi connectivity index (χ3v) is 2.64. The molecule has 1 amide bonds. The molecule has 18 heavy (non-hydrogen) atoms. The number of carbonyl (C=O) groups excluding carboxylic acids is 1. The number of hydrogen-bond donors (Lipinski definition) is 2. The standard InChI is InChI=1S/C12H14ClNO4/c1-7(6-18-2)11(15)14-8-3-4-9(12(16)17)10(13)5-8/h3-5,7H,6H2,1-2H3,(H,14,15)(H,16,17). The lowest BCUT2D eigenvalue weighted by atomic mass is 10.1. The van der Waals surface area contributed by atoms with E-state index in [-0.39, 0.29) is 22.4 Å². The summed E-state index contributed by atoms with van der Waals surface area (Å²) in [6.07, 6.45) is 0. The summed E-state index contributed by atoms with van der Waals surface area (Å²) in [6, 6.07) is 4.25. The fourth-order valence-corrected chi connectivity index (χ4v) is 1.62. The normalized spacial score (nSPS) is 11.9. The molecule has 0 radical (unpaired) electrons. The van der Waals surface area contributed by atoms with Gasteiger partial charge in [0.25, 0.3) is 0 Å². The Hall–Kier alpha value is -1.59. The van der Waals surface area contributed by atoms with Gasteiger partial charge in [0.1, 0.15) is 0 Å². The molecular formula is C12H14ClNO4. The average Bonchev–Trinajstić information content (AvgIpc) is 2.28. The third-order valence-electron chi connectivity index (χ3n) is 2.33. The molecule has 2 N–H and O–H groups in total. The maximum atomic E-state index is 11.7. The molecule has 1 aromatic carbocycles. The Morgan fingerprint density at radius 3 is 2.67 bits per heavy atom. The van der Waals surface area contributed by atoms with E-state index >= 15 is 0 Å². The molecule has 0 aliphatic rings. The van der Waals surface area contributed by atoms with Crippen molar-refractivity contribution in [2.45, 2.75) is 6.92 Å². The van der Waals surface area contributed by atoms with Crippen LogP contribution in [0.1, 0.15) is 17.3 Å². The molecule has 5 nitrogen and oxygen atoms in total. The van der Waals surface area contributed by atoms with Crippen molar-refractivity contribution in [3.63, 3.8) is 0 Å². The highest BCUT2D eigenvalue weighted by Gasteiger charge is 2.14. The molecule has 0 spiro atoms. The number of carboxylic acids is 1. The Bertz CT molecular complexity index is 461. The Balaban J connectivity index is 2.77. The van der Waals surface area contributed by atoms with Gasteiger partial charge in [0.05, 0.1) is 23.1 Å². The number of aromatic carboxylic acids is 1. The smallest absolute Gasteiger partial charge is 0.337 e. The van der Waals surface area contributed by atoms with E-state index in [1.807, 2.05) is 0 Å². The van der Waals surface area contributed by atoms with Gasteiger partial charge in [-0.3, -0.25) is 4.79 Å². The molecule has 98 valence electrons. The summed E-state index contributed by atoms with van der Waals surface area (Å²) < 4.78 is 4.87. The first-order chi connectivity index (χ1) is 8.45. The number of rotatable bonds is 5. The molecule has 0 fully saturated rings. The van der Waals surface area contributed by atoms with E-state index in [1.54, 1.807) is 6.92 Å². The molecule has 6 heteroatoms. The lowest BCUT2D eigenvalue weighted by molar-refractivity contribution is -0.120. The number of methoxy groups -OCH3 is 1. The molecule has 0 aliphatic heterocycles. The van der Waals surface area contributed by atoms with Crippen LogP contribution in [0.2, 0.25) is 5.02 Å². The van der Waals surface area contributed by atoms with Crippen LogP contribution in [0, 0.1) is 5.92 Å². The molecule has 0 heterocycles. The Morgan fingerprint density at radius 2 is 2.17 bits per heavy atom. The molecule has 1 aromatic rings. The van der Waals surface area contributed by atoms with E-state index in [2.05, 4.69) is 5.32 Å². The van der Waals surface area contributed by atoms with Gasteiger partial charge in [0.2, 0.25) is 5.91 Å². The van der Waals surface area contributed by atoms with E-state index < -0.39 is 5.97 Å². The van der Waals surface area contributed by atoms with Crippen LogP contribution in [-0.4, -0.2) is 30.7 Å². The van der Waals surface area contributed by atoms with Crippen molar-refractivity contribution in [2.24, 2.45) is 5.92 Å². The summed E-state index contributed by atoms with van der Waals surface area (Å²) >= 11 is 5.79. The van der Waals surface area contributed by atoms with Crippen LogP contribution in [0.4, 0.5) is 5.69 Å². The maximum absolute atomic E-state index is 11.7. The number of carboxylic acid groups (broad SMARTS) is 1. The first kappa shape index (κ1) is 14.5. The number of hydrogen-bond acceptors (Lipinski definition) is 3. The highest BCUT2D eigenvalue weighted by atomic mass is 35.5. The monoisotopic (exact) mass is 271 g/mol. The summed E-state index contributed by atoms with van der Waals surface area (Å²) in [5.41, 5.74) is 0.456. The molecule has 0 aromatic heterocycles. The largest absolute Gasteiger partial charge is 0.478 e. The highest BCUT2D eigenvalue weighted by Crippen LogP contribution is 2.21. The van der Waals surface area contributed by atoms with E-state index in [0.717, 1.165) is 0 Å². The van der Waals surface area contributed by atoms with Crippen LogP contribution in [0.25, 0.3) is 0 Å². The van der Waals surface area contributed by atoms with E-state index in [9.17, 15) is 9.59 Å². The summed E-state index contributed by atoms with van der Waals surface area (Å²) in [7, 11) is 1.52. The van der Waals surface area contributed by atoms with Crippen LogP contribution in [0.3, 0.4) is 0 Å². The third kappa shape index (κ3) is 3.72. The van der Waals surface area contributed by atoms with Crippen molar-refractivity contribution in [2.75, 3.05) is 19.0 Å². The second kappa shape index (κ2) is 6.37. The quantitative estimate of drug-likeness (QED) is 0.861. The highest BCUT2D eigenvalue weighted by molar-refractivity contribution is 6.33. The van der Waals surface area contributed by atoms with Crippen molar-refractivity contribution in [1.29, 1.82) is 0 Å². The SMILES string of the molecule is COCC(C)C(=O)Nc1ccc(C(=O)O)c(Cl)c1. The van der Waals surface area contributed by atoms with Gasteiger partial charge in [0.15, 0.2) is 0 Å².